The van der Waals surface area contributed by atoms with Crippen LogP contribution in [0.4, 0.5) is 0 Å². The molecule has 20 heavy (non-hydrogen) atoms. The van der Waals surface area contributed by atoms with Crippen molar-refractivity contribution in [3.8, 4) is 0 Å². The Labute approximate surface area is 120 Å². The normalized spacial score (nSPS) is 23.6. The fourth-order valence-corrected chi connectivity index (χ4v) is 3.51. The summed E-state index contributed by atoms with van der Waals surface area (Å²) in [7, 11) is 0. The first-order valence-corrected chi connectivity index (χ1v) is 7.71. The lowest BCUT2D eigenvalue weighted by Gasteiger charge is -2.39. The van der Waals surface area contributed by atoms with Crippen molar-refractivity contribution in [3.05, 3.63) is 0 Å². The summed E-state index contributed by atoms with van der Waals surface area (Å²) in [6.45, 7) is 0.480. The molecule has 0 aromatic rings. The second-order valence-corrected chi connectivity index (χ2v) is 6.80. The van der Waals surface area contributed by atoms with E-state index in [-0.39, 0.29) is 23.3 Å². The van der Waals surface area contributed by atoms with E-state index in [1.807, 2.05) is 0 Å². The predicted molar refractivity (Wildman–Crippen MR) is 76.2 cm³/mol. The van der Waals surface area contributed by atoms with Crippen molar-refractivity contribution in [2.75, 3.05) is 6.54 Å². The number of hydrogen-bond acceptors (Lipinski definition) is 3. The minimum Gasteiger partial charge on any atom is -0.481 e. The molecule has 2 rings (SSSR count). The molecule has 0 heterocycles. The van der Waals surface area contributed by atoms with Crippen molar-refractivity contribution in [1.29, 1.82) is 0 Å². The fraction of sp³-hybridized carbons (Fsp3) is 0.867. The van der Waals surface area contributed by atoms with E-state index in [1.165, 1.54) is 6.42 Å². The highest BCUT2D eigenvalue weighted by Gasteiger charge is 2.37. The Kier molecular flexibility index (Phi) is 4.68. The van der Waals surface area contributed by atoms with Gasteiger partial charge in [0, 0.05) is 18.5 Å². The molecule has 5 heteroatoms. The Hall–Kier alpha value is -1.10. The number of amides is 1. The standard InChI is InChI=1S/C15H26N2O3/c16-15(7-4-8-15)9-12(18)17-11-14(10-13(19)20)5-2-1-3-6-14/h1-11,16H2,(H,17,18)(H,19,20). The molecule has 0 unspecified atom stereocenters. The van der Waals surface area contributed by atoms with Gasteiger partial charge in [-0.2, -0.15) is 0 Å². The third-order valence-corrected chi connectivity index (χ3v) is 4.96. The summed E-state index contributed by atoms with van der Waals surface area (Å²) in [5.74, 6) is -0.794. The van der Waals surface area contributed by atoms with Crippen molar-refractivity contribution in [2.45, 2.75) is 69.7 Å². The number of carboxylic acid groups (broad SMARTS) is 1. The van der Waals surface area contributed by atoms with Gasteiger partial charge in [0.25, 0.3) is 0 Å². The molecule has 0 aromatic carbocycles. The highest BCUT2D eigenvalue weighted by Crippen LogP contribution is 2.39. The minimum atomic E-state index is -0.768. The molecule has 5 nitrogen and oxygen atoms in total. The molecule has 0 aliphatic heterocycles. The Balaban J connectivity index is 1.84. The SMILES string of the molecule is NC1(CC(=O)NCC2(CC(=O)O)CCCCC2)CCC1. The van der Waals surface area contributed by atoms with Crippen LogP contribution < -0.4 is 11.1 Å². The predicted octanol–water partition coefficient (Wildman–Crippen LogP) is 1.80. The van der Waals surface area contributed by atoms with E-state index in [2.05, 4.69) is 5.32 Å². The molecule has 2 aliphatic carbocycles. The van der Waals surface area contributed by atoms with Gasteiger partial charge in [-0.05, 0) is 37.5 Å². The van der Waals surface area contributed by atoms with E-state index in [1.54, 1.807) is 0 Å². The molecular weight excluding hydrogens is 256 g/mol. The Morgan fingerprint density at radius 3 is 2.15 bits per heavy atom. The van der Waals surface area contributed by atoms with E-state index in [0.717, 1.165) is 44.9 Å². The summed E-state index contributed by atoms with van der Waals surface area (Å²) < 4.78 is 0. The lowest BCUT2D eigenvalue weighted by molar-refractivity contribution is -0.141. The summed E-state index contributed by atoms with van der Waals surface area (Å²) in [6, 6.07) is 0. The molecular formula is C15H26N2O3. The third-order valence-electron chi connectivity index (χ3n) is 4.96. The van der Waals surface area contributed by atoms with Gasteiger partial charge < -0.3 is 16.2 Å². The molecule has 0 spiro atoms. The van der Waals surface area contributed by atoms with Gasteiger partial charge in [0.05, 0.1) is 6.42 Å². The van der Waals surface area contributed by atoms with Crippen LogP contribution in [0.15, 0.2) is 0 Å². The fourth-order valence-electron chi connectivity index (χ4n) is 3.51. The first kappa shape index (κ1) is 15.3. The van der Waals surface area contributed by atoms with Crippen molar-refractivity contribution in [3.63, 3.8) is 0 Å². The number of nitrogens with one attached hydrogen (secondary N) is 1. The van der Waals surface area contributed by atoms with Crippen molar-refractivity contribution >= 4 is 11.9 Å². The van der Waals surface area contributed by atoms with Crippen LogP contribution in [0.5, 0.6) is 0 Å². The van der Waals surface area contributed by atoms with E-state index in [4.69, 9.17) is 10.8 Å². The first-order valence-electron chi connectivity index (χ1n) is 7.71. The molecule has 4 N–H and O–H groups in total. The maximum absolute atomic E-state index is 12.0. The Bertz CT molecular complexity index is 371. The first-order chi connectivity index (χ1) is 9.43. The minimum absolute atomic E-state index is 0.0254. The monoisotopic (exact) mass is 282 g/mol. The smallest absolute Gasteiger partial charge is 0.303 e. The molecule has 2 fully saturated rings. The van der Waals surface area contributed by atoms with Crippen LogP contribution in [-0.4, -0.2) is 29.1 Å². The second kappa shape index (κ2) is 6.12. The van der Waals surface area contributed by atoms with Gasteiger partial charge in [0.2, 0.25) is 5.91 Å². The molecule has 0 saturated heterocycles. The highest BCUT2D eigenvalue weighted by molar-refractivity contribution is 5.77. The molecule has 2 aliphatic rings. The second-order valence-electron chi connectivity index (χ2n) is 6.80. The van der Waals surface area contributed by atoms with Crippen LogP contribution in [0.3, 0.4) is 0 Å². The molecule has 0 atom stereocenters. The number of nitrogens with two attached hydrogens (primary N) is 1. The summed E-state index contributed by atoms with van der Waals surface area (Å²) in [5.41, 5.74) is 5.51. The van der Waals surface area contributed by atoms with Crippen molar-refractivity contribution in [1.82, 2.24) is 5.32 Å². The molecule has 0 bridgehead atoms. The van der Waals surface area contributed by atoms with Gasteiger partial charge in [0.1, 0.15) is 0 Å². The van der Waals surface area contributed by atoms with E-state index in [0.29, 0.717) is 13.0 Å². The number of carboxylic acids is 1. The van der Waals surface area contributed by atoms with E-state index >= 15 is 0 Å². The summed E-state index contributed by atoms with van der Waals surface area (Å²) in [6.07, 6.45) is 8.54. The summed E-state index contributed by atoms with van der Waals surface area (Å²) >= 11 is 0. The van der Waals surface area contributed by atoms with Crippen LogP contribution in [0.1, 0.15) is 64.2 Å². The Morgan fingerprint density at radius 2 is 1.65 bits per heavy atom. The number of carbonyl (C=O) groups excluding carboxylic acids is 1. The van der Waals surface area contributed by atoms with Crippen LogP contribution in [0.2, 0.25) is 0 Å². The van der Waals surface area contributed by atoms with Gasteiger partial charge in [-0.25, -0.2) is 0 Å². The Morgan fingerprint density at radius 1 is 1.00 bits per heavy atom. The van der Waals surface area contributed by atoms with Gasteiger partial charge in [-0.1, -0.05) is 19.3 Å². The third kappa shape index (κ3) is 3.95. The zero-order chi connectivity index (χ0) is 14.6. The van der Waals surface area contributed by atoms with Crippen LogP contribution >= 0.6 is 0 Å². The van der Waals surface area contributed by atoms with Crippen molar-refractivity contribution < 1.29 is 14.7 Å². The molecule has 0 aromatic heterocycles. The largest absolute Gasteiger partial charge is 0.481 e. The van der Waals surface area contributed by atoms with Gasteiger partial charge in [-0.3, -0.25) is 9.59 Å². The lowest BCUT2D eigenvalue weighted by atomic mass is 9.71. The molecule has 114 valence electrons. The number of hydrogen-bond donors (Lipinski definition) is 3. The van der Waals surface area contributed by atoms with Gasteiger partial charge in [-0.15, -0.1) is 0 Å². The van der Waals surface area contributed by atoms with Crippen molar-refractivity contribution in [2.24, 2.45) is 11.1 Å². The van der Waals surface area contributed by atoms with Gasteiger partial charge in [0.15, 0.2) is 0 Å². The quantitative estimate of drug-likeness (QED) is 0.692. The van der Waals surface area contributed by atoms with Crippen LogP contribution in [0.25, 0.3) is 0 Å². The van der Waals surface area contributed by atoms with Gasteiger partial charge >= 0.3 is 5.97 Å². The summed E-state index contributed by atoms with van der Waals surface area (Å²) in [4.78, 5) is 23.1. The van der Waals surface area contributed by atoms with E-state index < -0.39 is 5.97 Å². The van der Waals surface area contributed by atoms with Crippen LogP contribution in [-0.2, 0) is 9.59 Å². The summed E-state index contributed by atoms with van der Waals surface area (Å²) in [5, 5.41) is 12.0. The number of carbonyl (C=O) groups is 2. The molecule has 2 saturated carbocycles. The van der Waals surface area contributed by atoms with Crippen LogP contribution in [0, 0.1) is 5.41 Å². The average molecular weight is 282 g/mol. The number of aliphatic carboxylic acids is 1. The molecule has 1 amide bonds. The average Bonchev–Trinajstić information content (AvgIpc) is 2.35. The zero-order valence-corrected chi connectivity index (χ0v) is 12.1. The van der Waals surface area contributed by atoms with E-state index in [9.17, 15) is 9.59 Å². The highest BCUT2D eigenvalue weighted by atomic mass is 16.4. The zero-order valence-electron chi connectivity index (χ0n) is 12.1. The maximum atomic E-state index is 12.0. The lowest BCUT2D eigenvalue weighted by Crippen LogP contribution is -2.51. The number of rotatable bonds is 6. The topological polar surface area (TPSA) is 92.4 Å². The maximum Gasteiger partial charge on any atom is 0.303 e. The molecule has 0 radical (unpaired) electrons.